The molecule has 0 aromatic heterocycles. The van der Waals surface area contributed by atoms with Gasteiger partial charge in [0, 0.05) is 51.2 Å². The van der Waals surface area contributed by atoms with Crippen LogP contribution in [0.25, 0.3) is 0 Å². The Balaban J connectivity index is 1.38. The molecule has 0 bridgehead atoms. The second kappa shape index (κ2) is 8.78. The van der Waals surface area contributed by atoms with Crippen LogP contribution < -0.4 is 5.32 Å². The molecule has 1 aromatic carbocycles. The Bertz CT molecular complexity index is 666. The Morgan fingerprint density at radius 2 is 1.89 bits per heavy atom. The van der Waals surface area contributed by atoms with Crippen molar-refractivity contribution >= 4 is 5.96 Å². The Morgan fingerprint density at radius 3 is 2.57 bits per heavy atom. The molecule has 1 N–H and O–H groups in total. The molecule has 0 spiro atoms. The van der Waals surface area contributed by atoms with Crippen LogP contribution >= 0.6 is 0 Å². The van der Waals surface area contributed by atoms with Crippen molar-refractivity contribution in [1.82, 2.24) is 15.1 Å². The molecule has 6 heteroatoms. The van der Waals surface area contributed by atoms with Crippen molar-refractivity contribution in [3.8, 4) is 0 Å². The zero-order chi connectivity index (χ0) is 19.4. The first-order chi connectivity index (χ1) is 13.7. The summed E-state index contributed by atoms with van der Waals surface area (Å²) in [6.07, 6.45) is 5.96. The van der Waals surface area contributed by atoms with Crippen molar-refractivity contribution < 1.29 is 9.13 Å². The Hall–Kier alpha value is -1.66. The van der Waals surface area contributed by atoms with Crippen LogP contribution in [0.2, 0.25) is 0 Å². The lowest BCUT2D eigenvalue weighted by Crippen LogP contribution is -2.48. The summed E-state index contributed by atoms with van der Waals surface area (Å²) in [6.45, 7) is 6.72. The van der Waals surface area contributed by atoms with Crippen molar-refractivity contribution in [3.05, 3.63) is 35.6 Å². The zero-order valence-electron chi connectivity index (χ0n) is 17.0. The highest BCUT2D eigenvalue weighted by atomic mass is 19.1. The fourth-order valence-corrected chi connectivity index (χ4v) is 5.18. The molecule has 2 saturated heterocycles. The first-order valence-electron chi connectivity index (χ1n) is 10.7. The Labute approximate surface area is 167 Å². The molecule has 1 atom stereocenters. The molecule has 1 aliphatic carbocycles. The Kier molecular flexibility index (Phi) is 6.16. The minimum absolute atomic E-state index is 0.0903. The van der Waals surface area contributed by atoms with Crippen molar-refractivity contribution in [2.75, 3.05) is 53.0 Å². The monoisotopic (exact) mass is 388 g/mol. The van der Waals surface area contributed by atoms with Gasteiger partial charge in [-0.1, -0.05) is 25.0 Å². The van der Waals surface area contributed by atoms with Gasteiger partial charge in [0.2, 0.25) is 0 Å². The van der Waals surface area contributed by atoms with Crippen LogP contribution in [0, 0.1) is 5.82 Å². The lowest BCUT2D eigenvalue weighted by atomic mass is 9.79. The SMILES string of the molecule is CN=C(NCC1(c2ccc(F)cc2)CCCC1)N1CCC(N2CCOCC2)C1. The molecule has 1 aromatic rings. The van der Waals surface area contributed by atoms with E-state index in [0.717, 1.165) is 64.7 Å². The molecule has 4 rings (SSSR count). The summed E-state index contributed by atoms with van der Waals surface area (Å²) in [5, 5.41) is 3.67. The molecule has 2 heterocycles. The highest BCUT2D eigenvalue weighted by molar-refractivity contribution is 5.80. The van der Waals surface area contributed by atoms with Crippen LogP contribution in [-0.4, -0.2) is 74.8 Å². The van der Waals surface area contributed by atoms with E-state index in [1.165, 1.54) is 24.8 Å². The van der Waals surface area contributed by atoms with Gasteiger partial charge in [-0.05, 0) is 37.0 Å². The summed E-state index contributed by atoms with van der Waals surface area (Å²) in [6, 6.07) is 7.72. The van der Waals surface area contributed by atoms with Crippen molar-refractivity contribution in [1.29, 1.82) is 0 Å². The van der Waals surface area contributed by atoms with Gasteiger partial charge in [-0.2, -0.15) is 0 Å². The van der Waals surface area contributed by atoms with Gasteiger partial charge in [0.05, 0.1) is 13.2 Å². The molecule has 1 unspecified atom stereocenters. The largest absolute Gasteiger partial charge is 0.379 e. The number of aliphatic imine (C=N–C) groups is 1. The van der Waals surface area contributed by atoms with Gasteiger partial charge < -0.3 is 15.0 Å². The quantitative estimate of drug-likeness (QED) is 0.636. The highest BCUT2D eigenvalue weighted by Crippen LogP contribution is 2.40. The molecule has 3 fully saturated rings. The molecule has 28 heavy (non-hydrogen) atoms. The maximum atomic E-state index is 13.4. The number of nitrogens with one attached hydrogen (secondary N) is 1. The fraction of sp³-hybridized carbons (Fsp3) is 0.682. The van der Waals surface area contributed by atoms with Crippen LogP contribution in [0.5, 0.6) is 0 Å². The van der Waals surface area contributed by atoms with Gasteiger partial charge in [0.1, 0.15) is 5.82 Å². The third-order valence-corrected chi connectivity index (χ3v) is 6.84. The minimum Gasteiger partial charge on any atom is -0.379 e. The number of likely N-dealkylation sites (tertiary alicyclic amines) is 1. The third kappa shape index (κ3) is 4.18. The molecule has 5 nitrogen and oxygen atoms in total. The number of guanidine groups is 1. The van der Waals surface area contributed by atoms with Crippen molar-refractivity contribution in [2.45, 2.75) is 43.6 Å². The maximum Gasteiger partial charge on any atom is 0.193 e. The molecule has 0 amide bonds. The maximum absolute atomic E-state index is 13.4. The second-order valence-electron chi connectivity index (χ2n) is 8.43. The molecular formula is C22H33FN4O. The van der Waals surface area contributed by atoms with E-state index in [-0.39, 0.29) is 11.2 Å². The number of halogens is 1. The van der Waals surface area contributed by atoms with Crippen molar-refractivity contribution in [2.24, 2.45) is 4.99 Å². The van der Waals surface area contributed by atoms with Gasteiger partial charge in [0.15, 0.2) is 5.96 Å². The molecule has 0 radical (unpaired) electrons. The van der Waals surface area contributed by atoms with Gasteiger partial charge >= 0.3 is 0 Å². The summed E-state index contributed by atoms with van der Waals surface area (Å²) in [4.78, 5) is 9.54. The fourth-order valence-electron chi connectivity index (χ4n) is 5.18. The first kappa shape index (κ1) is 19.6. The van der Waals surface area contributed by atoms with E-state index in [9.17, 15) is 4.39 Å². The van der Waals surface area contributed by atoms with Gasteiger partial charge in [-0.15, -0.1) is 0 Å². The summed E-state index contributed by atoms with van der Waals surface area (Å²) in [5.41, 5.74) is 1.34. The number of rotatable bonds is 4. The van der Waals surface area contributed by atoms with E-state index in [1.807, 2.05) is 19.2 Å². The summed E-state index contributed by atoms with van der Waals surface area (Å²) in [5.74, 6) is 0.844. The van der Waals surface area contributed by atoms with E-state index >= 15 is 0 Å². The lowest BCUT2D eigenvalue weighted by molar-refractivity contribution is 0.0195. The summed E-state index contributed by atoms with van der Waals surface area (Å²) >= 11 is 0. The van der Waals surface area contributed by atoms with Crippen LogP contribution in [-0.2, 0) is 10.2 Å². The average molecular weight is 389 g/mol. The lowest BCUT2D eigenvalue weighted by Gasteiger charge is -2.34. The standard InChI is InChI=1S/C22H33FN4O/c1-24-21(27-11-8-20(16-27)26-12-14-28-15-13-26)25-17-22(9-2-3-10-22)18-4-6-19(23)7-5-18/h4-7,20H,2-3,8-17H2,1H3,(H,24,25). The van der Waals surface area contributed by atoms with Crippen LogP contribution in [0.4, 0.5) is 4.39 Å². The smallest absolute Gasteiger partial charge is 0.193 e. The normalized spacial score (nSPS) is 26.0. The number of benzene rings is 1. The van der Waals surface area contributed by atoms with E-state index in [0.29, 0.717) is 6.04 Å². The van der Waals surface area contributed by atoms with Crippen molar-refractivity contribution in [3.63, 3.8) is 0 Å². The minimum atomic E-state index is -0.160. The molecule has 154 valence electrons. The number of hydrogen-bond acceptors (Lipinski definition) is 3. The third-order valence-electron chi connectivity index (χ3n) is 6.84. The van der Waals surface area contributed by atoms with Crippen LogP contribution in [0.15, 0.2) is 29.3 Å². The first-order valence-corrected chi connectivity index (χ1v) is 10.7. The van der Waals surface area contributed by atoms with E-state index < -0.39 is 0 Å². The van der Waals surface area contributed by atoms with E-state index in [1.54, 1.807) is 12.1 Å². The van der Waals surface area contributed by atoms with Gasteiger partial charge in [-0.3, -0.25) is 9.89 Å². The van der Waals surface area contributed by atoms with Crippen LogP contribution in [0.3, 0.4) is 0 Å². The molecule has 1 saturated carbocycles. The predicted molar refractivity (Wildman–Crippen MR) is 110 cm³/mol. The Morgan fingerprint density at radius 1 is 1.18 bits per heavy atom. The molecular weight excluding hydrogens is 355 g/mol. The summed E-state index contributed by atoms with van der Waals surface area (Å²) in [7, 11) is 1.88. The van der Waals surface area contributed by atoms with E-state index in [4.69, 9.17) is 4.74 Å². The molecule has 3 aliphatic rings. The topological polar surface area (TPSA) is 40.1 Å². The number of nitrogens with zero attached hydrogens (tertiary/aromatic N) is 3. The van der Waals surface area contributed by atoms with Crippen LogP contribution in [0.1, 0.15) is 37.7 Å². The highest BCUT2D eigenvalue weighted by Gasteiger charge is 2.37. The summed E-state index contributed by atoms with van der Waals surface area (Å²) < 4.78 is 18.9. The van der Waals surface area contributed by atoms with Gasteiger partial charge in [-0.25, -0.2) is 4.39 Å². The zero-order valence-corrected chi connectivity index (χ0v) is 17.0. The average Bonchev–Trinajstić information content (AvgIpc) is 3.41. The number of morpholine rings is 1. The van der Waals surface area contributed by atoms with E-state index in [2.05, 4.69) is 20.1 Å². The number of ether oxygens (including phenoxy) is 1. The molecule has 2 aliphatic heterocycles. The number of hydrogen-bond donors (Lipinski definition) is 1. The second-order valence-corrected chi connectivity index (χ2v) is 8.43. The predicted octanol–water partition coefficient (Wildman–Crippen LogP) is 2.62. The van der Waals surface area contributed by atoms with Gasteiger partial charge in [0.25, 0.3) is 0 Å².